The molecule has 0 radical (unpaired) electrons. The summed E-state index contributed by atoms with van der Waals surface area (Å²) in [4.78, 5) is 7.03. The van der Waals surface area contributed by atoms with Crippen LogP contribution in [-0.2, 0) is 13.0 Å². The number of hydrogen-bond acceptors (Lipinski definition) is 2. The minimum atomic E-state index is 0.368. The molecular weight excluding hydrogens is 308 g/mol. The second-order valence-electron chi connectivity index (χ2n) is 7.07. The third kappa shape index (κ3) is 4.60. The van der Waals surface area contributed by atoms with Gasteiger partial charge in [0.05, 0.1) is 6.54 Å². The normalized spacial score (nSPS) is 16.4. The molecule has 0 saturated carbocycles. The van der Waals surface area contributed by atoms with Crippen molar-refractivity contribution in [1.82, 2.24) is 4.90 Å². The van der Waals surface area contributed by atoms with E-state index in [0.717, 1.165) is 25.2 Å². The Bertz CT molecular complexity index is 746. The molecule has 1 aliphatic rings. The number of nitrogens with two attached hydrogens (primary N) is 1. The van der Waals surface area contributed by atoms with Gasteiger partial charge in [-0.05, 0) is 61.6 Å². The van der Waals surface area contributed by atoms with Gasteiger partial charge in [-0.25, -0.2) is 0 Å². The maximum absolute atomic E-state index is 6.08. The van der Waals surface area contributed by atoms with Gasteiger partial charge in [-0.2, -0.15) is 0 Å². The summed E-state index contributed by atoms with van der Waals surface area (Å²) >= 11 is 0. The Morgan fingerprint density at radius 1 is 1.16 bits per heavy atom. The zero-order valence-electron chi connectivity index (χ0n) is 15.4. The highest BCUT2D eigenvalue weighted by Crippen LogP contribution is 2.20. The molecule has 132 valence electrons. The molecule has 4 nitrogen and oxygen atoms in total. The van der Waals surface area contributed by atoms with Crippen molar-refractivity contribution in [3.8, 4) is 0 Å². The van der Waals surface area contributed by atoms with E-state index in [-0.39, 0.29) is 0 Å². The Kier molecular flexibility index (Phi) is 5.39. The second kappa shape index (κ2) is 7.70. The van der Waals surface area contributed by atoms with E-state index in [4.69, 9.17) is 5.73 Å². The topological polar surface area (TPSA) is 53.6 Å². The number of guanidine groups is 1. The Balaban J connectivity index is 1.57. The molecule has 2 aromatic carbocycles. The summed E-state index contributed by atoms with van der Waals surface area (Å²) in [5.41, 5.74) is 12.4. The van der Waals surface area contributed by atoms with Gasteiger partial charge in [-0.15, -0.1) is 0 Å². The summed E-state index contributed by atoms with van der Waals surface area (Å²) < 4.78 is 0. The molecule has 1 atom stereocenters. The fourth-order valence-electron chi connectivity index (χ4n) is 3.47. The van der Waals surface area contributed by atoms with Gasteiger partial charge >= 0.3 is 0 Å². The summed E-state index contributed by atoms with van der Waals surface area (Å²) in [6, 6.07) is 15.4. The summed E-state index contributed by atoms with van der Waals surface area (Å²) in [6.07, 6.45) is 1.11. The van der Waals surface area contributed by atoms with Crippen molar-refractivity contribution < 1.29 is 0 Å². The molecule has 0 bridgehead atoms. The third-order valence-electron chi connectivity index (χ3n) is 4.80. The molecule has 4 heteroatoms. The van der Waals surface area contributed by atoms with Gasteiger partial charge in [0.25, 0.3) is 0 Å². The van der Waals surface area contributed by atoms with E-state index in [0.29, 0.717) is 18.5 Å². The molecule has 25 heavy (non-hydrogen) atoms. The fourth-order valence-corrected chi connectivity index (χ4v) is 3.47. The zero-order chi connectivity index (χ0) is 17.8. The predicted molar refractivity (Wildman–Crippen MR) is 106 cm³/mol. The average molecular weight is 336 g/mol. The fraction of sp³-hybridized carbons (Fsp3) is 0.381. The average Bonchev–Trinajstić information content (AvgIpc) is 2.58. The number of aliphatic imine (C=N–C) groups is 1. The van der Waals surface area contributed by atoms with Crippen LogP contribution < -0.4 is 11.1 Å². The van der Waals surface area contributed by atoms with E-state index < -0.39 is 0 Å². The number of nitrogens with zero attached hydrogens (tertiary/aromatic N) is 2. The van der Waals surface area contributed by atoms with E-state index in [1.807, 2.05) is 0 Å². The highest BCUT2D eigenvalue weighted by molar-refractivity contribution is 5.92. The van der Waals surface area contributed by atoms with Crippen LogP contribution in [0.3, 0.4) is 0 Å². The SMILES string of the molecule is Cc1cc(C)cc(NC(N)=NCC(C)N2CCc3ccccc3C2)c1. The van der Waals surface area contributed by atoms with Crippen LogP contribution in [0.25, 0.3) is 0 Å². The van der Waals surface area contributed by atoms with Crippen molar-refractivity contribution in [2.24, 2.45) is 10.7 Å². The van der Waals surface area contributed by atoms with Crippen molar-refractivity contribution >= 4 is 11.6 Å². The summed E-state index contributed by atoms with van der Waals surface area (Å²) in [5, 5.41) is 3.21. The number of fused-ring (bicyclic) bond motifs is 1. The molecule has 3 rings (SSSR count). The quantitative estimate of drug-likeness (QED) is 0.664. The Labute approximate surface area is 150 Å². The molecule has 0 aromatic heterocycles. The smallest absolute Gasteiger partial charge is 0.193 e. The van der Waals surface area contributed by atoms with Crippen molar-refractivity contribution in [3.63, 3.8) is 0 Å². The van der Waals surface area contributed by atoms with Gasteiger partial charge in [-0.3, -0.25) is 9.89 Å². The summed E-state index contributed by atoms with van der Waals surface area (Å²) in [7, 11) is 0. The van der Waals surface area contributed by atoms with Crippen molar-refractivity contribution in [1.29, 1.82) is 0 Å². The first-order valence-electron chi connectivity index (χ1n) is 8.97. The van der Waals surface area contributed by atoms with Crippen LogP contribution in [0.15, 0.2) is 47.5 Å². The van der Waals surface area contributed by atoms with Crippen molar-refractivity contribution in [2.75, 3.05) is 18.4 Å². The molecule has 1 aliphatic heterocycles. The van der Waals surface area contributed by atoms with Crippen molar-refractivity contribution in [2.45, 2.75) is 39.8 Å². The second-order valence-corrected chi connectivity index (χ2v) is 7.07. The minimum absolute atomic E-state index is 0.368. The van der Waals surface area contributed by atoms with Gasteiger partial charge < -0.3 is 11.1 Å². The van der Waals surface area contributed by atoms with Crippen molar-refractivity contribution in [3.05, 3.63) is 64.7 Å². The summed E-state index contributed by atoms with van der Waals surface area (Å²) in [6.45, 7) is 9.17. The van der Waals surface area contributed by atoms with E-state index in [1.54, 1.807) is 0 Å². The predicted octanol–water partition coefficient (Wildman–Crippen LogP) is 3.48. The van der Waals surface area contributed by atoms with E-state index in [1.165, 1.54) is 22.3 Å². The summed E-state index contributed by atoms with van der Waals surface area (Å²) in [5.74, 6) is 0.481. The van der Waals surface area contributed by atoms with Crippen LogP contribution in [0, 0.1) is 13.8 Å². The Morgan fingerprint density at radius 3 is 2.56 bits per heavy atom. The standard InChI is InChI=1S/C21H28N4/c1-15-10-16(2)12-20(11-15)24-21(22)23-13-17(3)25-9-8-18-6-4-5-7-19(18)14-25/h4-7,10-12,17H,8-9,13-14H2,1-3H3,(H3,22,23,24). The van der Waals surface area contributed by atoms with E-state index in [2.05, 4.69) is 78.4 Å². The number of hydrogen-bond donors (Lipinski definition) is 2. The number of benzene rings is 2. The largest absolute Gasteiger partial charge is 0.370 e. The van der Waals surface area contributed by atoms with Gasteiger partial charge in [0.15, 0.2) is 5.96 Å². The molecule has 2 aromatic rings. The molecule has 3 N–H and O–H groups in total. The zero-order valence-corrected chi connectivity index (χ0v) is 15.4. The monoisotopic (exact) mass is 336 g/mol. The molecule has 0 amide bonds. The first-order valence-corrected chi connectivity index (χ1v) is 8.97. The number of aryl methyl sites for hydroxylation is 2. The van der Waals surface area contributed by atoms with Gasteiger partial charge in [-0.1, -0.05) is 30.3 Å². The van der Waals surface area contributed by atoms with Gasteiger partial charge in [0, 0.05) is 24.8 Å². The Morgan fingerprint density at radius 2 is 1.84 bits per heavy atom. The maximum atomic E-state index is 6.08. The lowest BCUT2D eigenvalue weighted by atomic mass is 9.99. The lowest BCUT2D eigenvalue weighted by molar-refractivity contribution is 0.195. The van der Waals surface area contributed by atoms with Crippen LogP contribution in [0.1, 0.15) is 29.2 Å². The first-order chi connectivity index (χ1) is 12.0. The molecule has 0 saturated heterocycles. The molecule has 0 aliphatic carbocycles. The van der Waals surface area contributed by atoms with Gasteiger partial charge in [0.1, 0.15) is 0 Å². The maximum Gasteiger partial charge on any atom is 0.193 e. The van der Waals surface area contributed by atoms with Crippen LogP contribution in [0.4, 0.5) is 5.69 Å². The number of anilines is 1. The van der Waals surface area contributed by atoms with E-state index >= 15 is 0 Å². The van der Waals surface area contributed by atoms with Crippen LogP contribution in [0.2, 0.25) is 0 Å². The highest BCUT2D eigenvalue weighted by atomic mass is 15.2. The lowest BCUT2D eigenvalue weighted by Gasteiger charge is -2.33. The van der Waals surface area contributed by atoms with Crippen LogP contribution >= 0.6 is 0 Å². The molecule has 1 unspecified atom stereocenters. The first kappa shape index (κ1) is 17.5. The van der Waals surface area contributed by atoms with Crippen LogP contribution in [-0.4, -0.2) is 30.0 Å². The van der Waals surface area contributed by atoms with Gasteiger partial charge in [0.2, 0.25) is 0 Å². The third-order valence-corrected chi connectivity index (χ3v) is 4.80. The number of nitrogens with one attached hydrogen (secondary N) is 1. The molecule has 0 fully saturated rings. The molecule has 0 spiro atoms. The number of rotatable bonds is 4. The van der Waals surface area contributed by atoms with Crippen LogP contribution in [0.5, 0.6) is 0 Å². The lowest BCUT2D eigenvalue weighted by Crippen LogP contribution is -2.39. The molecular formula is C21H28N4. The minimum Gasteiger partial charge on any atom is -0.370 e. The molecule has 1 heterocycles. The van der Waals surface area contributed by atoms with E-state index in [9.17, 15) is 0 Å². The highest BCUT2D eigenvalue weighted by Gasteiger charge is 2.20. The Hall–Kier alpha value is -2.33.